The number of halogens is 2. The molecule has 0 saturated heterocycles. The minimum Gasteiger partial charge on any atom is -0.457 e. The van der Waals surface area contributed by atoms with Crippen LogP contribution in [-0.4, -0.2) is 19.1 Å². The maximum absolute atomic E-state index is 15.7. The lowest BCUT2D eigenvalue weighted by atomic mass is 9.88. The molecule has 7 heteroatoms. The third-order valence-electron chi connectivity index (χ3n) is 15.3. The van der Waals surface area contributed by atoms with Crippen molar-refractivity contribution in [1.29, 1.82) is 0 Å². The predicted octanol–water partition coefficient (Wildman–Crippen LogP) is 20.4. The molecule has 12 aromatic rings. The summed E-state index contributed by atoms with van der Waals surface area (Å²) in [6.07, 6.45) is 0. The summed E-state index contributed by atoms with van der Waals surface area (Å²) in [6.45, 7) is 18.0. The average molecular weight is 1040 g/mol. The lowest BCUT2D eigenvalue weighted by Crippen LogP contribution is -2.09. The third kappa shape index (κ3) is 9.47. The van der Waals surface area contributed by atoms with Crippen LogP contribution in [-0.2, 0) is 0 Å². The Labute approximate surface area is 461 Å². The molecule has 0 aliphatic carbocycles. The molecule has 0 N–H and O–H groups in total. The first-order chi connectivity index (χ1) is 38.3. The summed E-state index contributed by atoms with van der Waals surface area (Å²) < 4.78 is 41.8. The standard InChI is InChI=1S/C72H62F2N4O/c1-43(2)59-36-52(47-20-11-9-12-21-47)37-60(44(3)4)69(59)77-67-29-18-17-28-65(67)75-71(77)51-25-19-26-55(35-51)79-56-34-49-24-15-16-27-57(49)63(42-56)72-76-66-33-30-50(58-32-31-54(73)41-64(58)74)40-68(66)78(72)70-61(45(5)6)38-53(39-62(70)46(7)8)48-22-13-10-14-23-48/h9-46H,1-8H3. The smallest absolute Gasteiger partial charge is 0.146 e. The van der Waals surface area contributed by atoms with Gasteiger partial charge in [-0.05, 0) is 169 Å². The van der Waals surface area contributed by atoms with Gasteiger partial charge in [0.1, 0.15) is 34.8 Å². The Morgan fingerprint density at radius 2 is 0.899 bits per heavy atom. The van der Waals surface area contributed by atoms with Gasteiger partial charge >= 0.3 is 0 Å². The van der Waals surface area contributed by atoms with Gasteiger partial charge in [0.2, 0.25) is 0 Å². The zero-order valence-electron chi connectivity index (χ0n) is 45.9. The van der Waals surface area contributed by atoms with Crippen LogP contribution in [0.3, 0.4) is 0 Å². The minimum absolute atomic E-state index is 0.105. The van der Waals surface area contributed by atoms with Gasteiger partial charge in [-0.15, -0.1) is 0 Å². The van der Waals surface area contributed by atoms with E-state index in [0.29, 0.717) is 28.5 Å². The highest BCUT2D eigenvalue weighted by atomic mass is 19.1. The molecule has 12 rings (SSSR count). The van der Waals surface area contributed by atoms with Crippen LogP contribution < -0.4 is 4.74 Å². The van der Waals surface area contributed by atoms with Gasteiger partial charge in [-0.2, -0.15) is 0 Å². The monoisotopic (exact) mass is 1040 g/mol. The second-order valence-corrected chi connectivity index (χ2v) is 22.0. The van der Waals surface area contributed by atoms with Crippen LogP contribution in [0.15, 0.2) is 206 Å². The molecule has 0 fully saturated rings. The first-order valence-electron chi connectivity index (χ1n) is 27.5. The second kappa shape index (κ2) is 20.8. The van der Waals surface area contributed by atoms with E-state index in [1.165, 1.54) is 34.4 Å². The van der Waals surface area contributed by atoms with Crippen LogP contribution in [0.2, 0.25) is 0 Å². The van der Waals surface area contributed by atoms with Crippen LogP contribution >= 0.6 is 0 Å². The van der Waals surface area contributed by atoms with Crippen molar-refractivity contribution in [2.24, 2.45) is 0 Å². The molecule has 2 heterocycles. The van der Waals surface area contributed by atoms with Crippen LogP contribution in [0.5, 0.6) is 11.5 Å². The van der Waals surface area contributed by atoms with E-state index in [9.17, 15) is 4.39 Å². The fraction of sp³-hybridized carbons (Fsp3) is 0.167. The zero-order chi connectivity index (χ0) is 54.6. The summed E-state index contributed by atoms with van der Waals surface area (Å²) in [5, 5.41) is 1.98. The van der Waals surface area contributed by atoms with Crippen molar-refractivity contribution in [3.63, 3.8) is 0 Å². The van der Waals surface area contributed by atoms with Crippen molar-refractivity contribution >= 4 is 32.8 Å². The van der Waals surface area contributed by atoms with E-state index in [-0.39, 0.29) is 23.7 Å². The molecule has 390 valence electrons. The number of ether oxygens (including phenoxy) is 1. The van der Waals surface area contributed by atoms with E-state index in [1.54, 1.807) is 0 Å². The Bertz CT molecular complexity index is 4200. The maximum atomic E-state index is 15.7. The maximum Gasteiger partial charge on any atom is 0.146 e. The van der Waals surface area contributed by atoms with Crippen molar-refractivity contribution in [1.82, 2.24) is 19.1 Å². The van der Waals surface area contributed by atoms with Crippen molar-refractivity contribution in [2.45, 2.75) is 79.1 Å². The number of aromatic nitrogens is 4. The van der Waals surface area contributed by atoms with Crippen LogP contribution in [0.25, 0.3) is 100 Å². The number of benzene rings is 10. The van der Waals surface area contributed by atoms with Gasteiger partial charge < -0.3 is 4.74 Å². The molecule has 2 aromatic heterocycles. The summed E-state index contributed by atoms with van der Waals surface area (Å²) in [4.78, 5) is 10.9. The summed E-state index contributed by atoms with van der Waals surface area (Å²) in [7, 11) is 0. The molecular formula is C72H62F2N4O. The summed E-state index contributed by atoms with van der Waals surface area (Å²) in [5.74, 6) is 2.24. The van der Waals surface area contributed by atoms with E-state index in [0.717, 1.165) is 89.5 Å². The van der Waals surface area contributed by atoms with Crippen molar-refractivity contribution in [3.05, 3.63) is 240 Å². The Morgan fingerprint density at radius 3 is 1.51 bits per heavy atom. The first-order valence-corrected chi connectivity index (χ1v) is 27.5. The van der Waals surface area contributed by atoms with Crippen LogP contribution in [0, 0.1) is 11.6 Å². The molecule has 0 bridgehead atoms. The predicted molar refractivity (Wildman–Crippen MR) is 323 cm³/mol. The number of imidazole rings is 2. The Balaban J connectivity index is 1.04. The van der Waals surface area contributed by atoms with E-state index < -0.39 is 11.6 Å². The van der Waals surface area contributed by atoms with Gasteiger partial charge in [-0.3, -0.25) is 9.13 Å². The zero-order valence-corrected chi connectivity index (χ0v) is 45.9. The Hall–Kier alpha value is -8.94. The number of hydrogen-bond donors (Lipinski definition) is 0. The lowest BCUT2D eigenvalue weighted by molar-refractivity contribution is 0.484. The average Bonchev–Trinajstić information content (AvgIpc) is 4.15. The van der Waals surface area contributed by atoms with E-state index in [2.05, 4.69) is 210 Å². The Morgan fingerprint density at radius 1 is 0.367 bits per heavy atom. The molecule has 0 unspecified atom stereocenters. The molecular weight excluding hydrogens is 975 g/mol. The molecule has 0 spiro atoms. The molecule has 0 aliphatic heterocycles. The third-order valence-corrected chi connectivity index (χ3v) is 15.3. The molecule has 5 nitrogen and oxygen atoms in total. The van der Waals surface area contributed by atoms with Crippen molar-refractivity contribution in [2.75, 3.05) is 0 Å². The molecule has 0 aliphatic rings. The number of fused-ring (bicyclic) bond motifs is 3. The molecule has 0 atom stereocenters. The summed E-state index contributed by atoms with van der Waals surface area (Å²) >= 11 is 0. The van der Waals surface area contributed by atoms with Crippen molar-refractivity contribution in [3.8, 4) is 79.0 Å². The fourth-order valence-electron chi connectivity index (χ4n) is 11.4. The van der Waals surface area contributed by atoms with E-state index >= 15 is 4.39 Å². The van der Waals surface area contributed by atoms with Gasteiger partial charge in [0.05, 0.1) is 33.4 Å². The van der Waals surface area contributed by atoms with Crippen LogP contribution in [0.4, 0.5) is 8.78 Å². The molecule has 0 radical (unpaired) electrons. The largest absolute Gasteiger partial charge is 0.457 e. The Kier molecular flexibility index (Phi) is 13.4. The van der Waals surface area contributed by atoms with Gasteiger partial charge in [-0.25, -0.2) is 18.7 Å². The second-order valence-electron chi connectivity index (χ2n) is 22.0. The highest BCUT2D eigenvalue weighted by Gasteiger charge is 2.27. The van der Waals surface area contributed by atoms with Crippen molar-refractivity contribution < 1.29 is 13.5 Å². The molecule has 79 heavy (non-hydrogen) atoms. The lowest BCUT2D eigenvalue weighted by Gasteiger charge is -2.25. The summed E-state index contributed by atoms with van der Waals surface area (Å²) in [5.41, 5.74) is 17.9. The number of para-hydroxylation sites is 2. The van der Waals surface area contributed by atoms with Gasteiger partial charge in [0, 0.05) is 22.8 Å². The number of hydrogen-bond acceptors (Lipinski definition) is 3. The number of rotatable bonds is 13. The van der Waals surface area contributed by atoms with E-state index in [1.807, 2.05) is 42.5 Å². The first kappa shape index (κ1) is 50.9. The van der Waals surface area contributed by atoms with Gasteiger partial charge in [0.25, 0.3) is 0 Å². The van der Waals surface area contributed by atoms with Gasteiger partial charge in [0.15, 0.2) is 0 Å². The molecule has 0 amide bonds. The van der Waals surface area contributed by atoms with Gasteiger partial charge in [-0.1, -0.05) is 171 Å². The SMILES string of the molecule is CC(C)c1cc(-c2ccccc2)cc(C(C)C)c1-n1c(-c2cccc(Oc3cc(-c4nc5ccc(-c6ccc(F)cc6F)cc5n4-c4c(C(C)C)cc(-c5ccccc5)cc4C(C)C)c4ccccc4c3)c2)nc2ccccc21. The minimum atomic E-state index is -0.626. The van der Waals surface area contributed by atoms with Crippen LogP contribution in [0.1, 0.15) is 101 Å². The summed E-state index contributed by atoms with van der Waals surface area (Å²) in [6, 6.07) is 69.3. The molecule has 10 aromatic carbocycles. The molecule has 0 saturated carbocycles. The highest BCUT2D eigenvalue weighted by molar-refractivity contribution is 6.00. The normalized spacial score (nSPS) is 11.9. The highest BCUT2D eigenvalue weighted by Crippen LogP contribution is 2.45. The quantitative estimate of drug-likeness (QED) is 0.116. The number of nitrogens with zero attached hydrogens (tertiary/aromatic N) is 4. The fourth-order valence-corrected chi connectivity index (χ4v) is 11.4. The topological polar surface area (TPSA) is 44.9 Å². The van der Waals surface area contributed by atoms with E-state index in [4.69, 9.17) is 14.7 Å².